The quantitative estimate of drug-likeness (QED) is 0.624. The van der Waals surface area contributed by atoms with Gasteiger partial charge in [-0.1, -0.05) is 6.92 Å². The Bertz CT molecular complexity index is 596. The number of hydrogen-bond acceptors (Lipinski definition) is 4. The van der Waals surface area contributed by atoms with E-state index in [0.717, 1.165) is 25.7 Å². The molecule has 0 radical (unpaired) electrons. The fraction of sp³-hybridized carbons (Fsp3) is 0.625. The lowest BCUT2D eigenvalue weighted by Crippen LogP contribution is -2.28. The lowest BCUT2D eigenvalue weighted by molar-refractivity contribution is -0.386. The highest BCUT2D eigenvalue weighted by molar-refractivity contribution is 5.47. The maximum Gasteiger partial charge on any atom is 0.278 e. The maximum absolute atomic E-state index is 11.2. The van der Waals surface area contributed by atoms with Crippen molar-refractivity contribution >= 4 is 5.69 Å². The van der Waals surface area contributed by atoms with E-state index in [2.05, 4.69) is 18.0 Å². The standard InChI is InChI=1S/C16H21N3O2/c1-11-4-6-16(10-17,7-5-11)8-14-13(3)15(19(20)21)12(2)9-18-14/h9,11H,4-8H2,1-3H3. The Balaban J connectivity index is 2.33. The molecule has 0 spiro atoms. The summed E-state index contributed by atoms with van der Waals surface area (Å²) in [5, 5.41) is 20.8. The summed E-state index contributed by atoms with van der Waals surface area (Å²) in [6.07, 6.45) is 5.86. The van der Waals surface area contributed by atoms with Crippen LogP contribution in [0.1, 0.15) is 49.4 Å². The van der Waals surface area contributed by atoms with Crippen molar-refractivity contribution in [2.45, 2.75) is 52.9 Å². The molecule has 112 valence electrons. The molecule has 1 aromatic heterocycles. The van der Waals surface area contributed by atoms with Crippen LogP contribution < -0.4 is 0 Å². The highest BCUT2D eigenvalue weighted by Gasteiger charge is 2.36. The zero-order valence-electron chi connectivity index (χ0n) is 12.8. The first-order valence-corrected chi connectivity index (χ1v) is 7.39. The molecular formula is C16H21N3O2. The van der Waals surface area contributed by atoms with Gasteiger partial charge in [0.25, 0.3) is 5.69 Å². The zero-order chi connectivity index (χ0) is 15.6. The van der Waals surface area contributed by atoms with E-state index >= 15 is 0 Å². The van der Waals surface area contributed by atoms with Gasteiger partial charge in [-0.2, -0.15) is 5.26 Å². The summed E-state index contributed by atoms with van der Waals surface area (Å²) < 4.78 is 0. The first kappa shape index (κ1) is 15.4. The number of nitriles is 1. The minimum absolute atomic E-state index is 0.136. The van der Waals surface area contributed by atoms with E-state index in [9.17, 15) is 15.4 Å². The van der Waals surface area contributed by atoms with Gasteiger partial charge >= 0.3 is 0 Å². The number of nitro groups is 1. The highest BCUT2D eigenvalue weighted by Crippen LogP contribution is 2.41. The summed E-state index contributed by atoms with van der Waals surface area (Å²) in [4.78, 5) is 15.2. The van der Waals surface area contributed by atoms with Crippen molar-refractivity contribution in [2.24, 2.45) is 11.3 Å². The fourth-order valence-corrected chi connectivity index (χ4v) is 3.19. The molecule has 1 saturated carbocycles. The zero-order valence-corrected chi connectivity index (χ0v) is 12.8. The molecule has 21 heavy (non-hydrogen) atoms. The Hall–Kier alpha value is -1.96. The molecule has 1 fully saturated rings. The molecule has 0 amide bonds. The van der Waals surface area contributed by atoms with Gasteiger partial charge in [-0.15, -0.1) is 0 Å². The molecule has 0 saturated heterocycles. The summed E-state index contributed by atoms with van der Waals surface area (Å²) in [5.74, 6) is 0.660. The predicted octanol–water partition coefficient (Wildman–Crippen LogP) is 3.87. The first-order chi connectivity index (χ1) is 9.88. The summed E-state index contributed by atoms with van der Waals surface area (Å²) in [6.45, 7) is 5.65. The molecule has 1 heterocycles. The largest absolute Gasteiger partial charge is 0.278 e. The van der Waals surface area contributed by atoms with Crippen molar-refractivity contribution in [3.05, 3.63) is 33.1 Å². The van der Waals surface area contributed by atoms with Gasteiger partial charge in [0.05, 0.1) is 22.1 Å². The fourth-order valence-electron chi connectivity index (χ4n) is 3.19. The van der Waals surface area contributed by atoms with Crippen molar-refractivity contribution in [3.63, 3.8) is 0 Å². The molecule has 0 unspecified atom stereocenters. The molecule has 5 heteroatoms. The molecule has 1 aromatic rings. The minimum Gasteiger partial charge on any atom is -0.260 e. The van der Waals surface area contributed by atoms with Crippen LogP contribution in [0.4, 0.5) is 5.69 Å². The highest BCUT2D eigenvalue weighted by atomic mass is 16.6. The SMILES string of the molecule is Cc1cnc(CC2(C#N)CCC(C)CC2)c(C)c1[N+](=O)[O-]. The van der Waals surface area contributed by atoms with Crippen LogP contribution >= 0.6 is 0 Å². The lowest BCUT2D eigenvalue weighted by Gasteiger charge is -2.33. The van der Waals surface area contributed by atoms with Crippen LogP contribution in [0.3, 0.4) is 0 Å². The van der Waals surface area contributed by atoms with Crippen LogP contribution in [-0.4, -0.2) is 9.91 Å². The number of hydrogen-bond donors (Lipinski definition) is 0. The number of aromatic nitrogens is 1. The Morgan fingerprint density at radius 1 is 1.48 bits per heavy atom. The Morgan fingerprint density at radius 2 is 2.10 bits per heavy atom. The number of pyridine rings is 1. The smallest absolute Gasteiger partial charge is 0.260 e. The molecule has 0 atom stereocenters. The van der Waals surface area contributed by atoms with E-state index in [0.29, 0.717) is 29.2 Å². The van der Waals surface area contributed by atoms with E-state index in [1.54, 1.807) is 20.0 Å². The predicted molar refractivity (Wildman–Crippen MR) is 79.7 cm³/mol. The normalized spacial score (nSPS) is 25.3. The number of aryl methyl sites for hydroxylation is 1. The molecule has 0 aliphatic heterocycles. The van der Waals surface area contributed by atoms with Crippen LogP contribution in [0, 0.1) is 46.6 Å². The van der Waals surface area contributed by atoms with Gasteiger partial charge in [-0.3, -0.25) is 15.1 Å². The third kappa shape index (κ3) is 3.05. The van der Waals surface area contributed by atoms with Gasteiger partial charge in [-0.25, -0.2) is 0 Å². The van der Waals surface area contributed by atoms with Crippen LogP contribution in [0.5, 0.6) is 0 Å². The second-order valence-corrected chi connectivity index (χ2v) is 6.37. The second kappa shape index (κ2) is 5.80. The van der Waals surface area contributed by atoms with Crippen molar-refractivity contribution in [2.75, 3.05) is 0 Å². The summed E-state index contributed by atoms with van der Waals surface area (Å²) in [5.41, 5.74) is 1.60. The average Bonchev–Trinajstić information content (AvgIpc) is 2.44. The van der Waals surface area contributed by atoms with Gasteiger partial charge in [-0.05, 0) is 45.4 Å². The van der Waals surface area contributed by atoms with E-state index < -0.39 is 5.41 Å². The Labute approximate surface area is 125 Å². The van der Waals surface area contributed by atoms with Gasteiger partial charge < -0.3 is 0 Å². The summed E-state index contributed by atoms with van der Waals surface area (Å²) in [7, 11) is 0. The van der Waals surface area contributed by atoms with Gasteiger partial charge in [0.1, 0.15) is 0 Å². The van der Waals surface area contributed by atoms with Crippen molar-refractivity contribution < 1.29 is 4.92 Å². The van der Waals surface area contributed by atoms with Crippen LogP contribution in [0.2, 0.25) is 0 Å². The molecule has 5 nitrogen and oxygen atoms in total. The van der Waals surface area contributed by atoms with E-state index in [-0.39, 0.29) is 10.6 Å². The molecule has 1 aliphatic carbocycles. The molecule has 0 bridgehead atoms. The van der Waals surface area contributed by atoms with Gasteiger partial charge in [0.2, 0.25) is 0 Å². The second-order valence-electron chi connectivity index (χ2n) is 6.37. The van der Waals surface area contributed by atoms with Crippen molar-refractivity contribution in [3.8, 4) is 6.07 Å². The Morgan fingerprint density at radius 3 is 2.62 bits per heavy atom. The Kier molecular flexibility index (Phi) is 4.26. The van der Waals surface area contributed by atoms with Crippen LogP contribution in [0.25, 0.3) is 0 Å². The molecule has 2 rings (SSSR count). The molecule has 1 aliphatic rings. The number of nitrogens with zero attached hydrogens (tertiary/aromatic N) is 3. The van der Waals surface area contributed by atoms with E-state index in [1.165, 1.54) is 0 Å². The minimum atomic E-state index is -0.409. The molecule has 0 aromatic carbocycles. The number of rotatable bonds is 3. The third-order valence-electron chi connectivity index (χ3n) is 4.73. The van der Waals surface area contributed by atoms with E-state index in [4.69, 9.17) is 0 Å². The van der Waals surface area contributed by atoms with Crippen LogP contribution in [-0.2, 0) is 6.42 Å². The summed E-state index contributed by atoms with van der Waals surface area (Å²) >= 11 is 0. The van der Waals surface area contributed by atoms with Crippen molar-refractivity contribution in [1.29, 1.82) is 5.26 Å². The topological polar surface area (TPSA) is 79.8 Å². The molecule has 0 N–H and O–H groups in total. The lowest BCUT2D eigenvalue weighted by atomic mass is 9.69. The maximum atomic E-state index is 11.2. The third-order valence-corrected chi connectivity index (χ3v) is 4.73. The van der Waals surface area contributed by atoms with E-state index in [1.807, 2.05) is 0 Å². The van der Waals surface area contributed by atoms with Gasteiger partial charge in [0, 0.05) is 23.7 Å². The van der Waals surface area contributed by atoms with Crippen molar-refractivity contribution in [1.82, 2.24) is 4.98 Å². The average molecular weight is 287 g/mol. The molecular weight excluding hydrogens is 266 g/mol. The first-order valence-electron chi connectivity index (χ1n) is 7.39. The summed E-state index contributed by atoms with van der Waals surface area (Å²) in [6, 6.07) is 2.47. The van der Waals surface area contributed by atoms with Crippen LogP contribution in [0.15, 0.2) is 6.20 Å². The van der Waals surface area contributed by atoms with Gasteiger partial charge in [0.15, 0.2) is 0 Å². The monoisotopic (exact) mass is 287 g/mol.